The molecule has 0 saturated heterocycles. The number of rotatable bonds is 5. The van der Waals surface area contributed by atoms with Crippen molar-refractivity contribution in [2.45, 2.75) is 70.8 Å². The molecule has 0 aromatic heterocycles. The van der Waals surface area contributed by atoms with Crippen LogP contribution in [0.2, 0.25) is 0 Å². The molecule has 2 nitrogen and oxygen atoms in total. The Morgan fingerprint density at radius 3 is 2.16 bits per heavy atom. The highest BCUT2D eigenvalue weighted by Crippen LogP contribution is 2.44. The van der Waals surface area contributed by atoms with Gasteiger partial charge < -0.3 is 4.74 Å². The smallest absolute Gasteiger partial charge is 0.333 e. The molecule has 110 valence electrons. The molecule has 0 unspecified atom stereocenters. The Labute approximate surface area is 114 Å². The predicted octanol–water partition coefficient (Wildman–Crippen LogP) is 4.49. The standard InChI is InChI=1S/C15H24F2O2/c1-5-14(6-2,19-13(18)11(3)4)12-7-9-15(16,17)10-8-12/h12H,3,5-10H2,1-2,4H3. The van der Waals surface area contributed by atoms with E-state index in [0.717, 1.165) is 0 Å². The molecule has 1 aliphatic rings. The second-order valence-electron chi connectivity index (χ2n) is 5.57. The van der Waals surface area contributed by atoms with Crippen molar-refractivity contribution in [3.05, 3.63) is 12.2 Å². The second kappa shape index (κ2) is 6.02. The molecule has 4 heteroatoms. The number of carbonyl (C=O) groups is 1. The van der Waals surface area contributed by atoms with Crippen molar-refractivity contribution in [2.24, 2.45) is 5.92 Å². The van der Waals surface area contributed by atoms with Crippen LogP contribution in [-0.4, -0.2) is 17.5 Å². The molecule has 0 amide bonds. The molecule has 0 heterocycles. The third kappa shape index (κ3) is 3.77. The first-order valence-electron chi connectivity index (χ1n) is 7.03. The number of esters is 1. The van der Waals surface area contributed by atoms with Gasteiger partial charge in [-0.05, 0) is 38.5 Å². The van der Waals surface area contributed by atoms with Crippen molar-refractivity contribution in [1.29, 1.82) is 0 Å². The summed E-state index contributed by atoms with van der Waals surface area (Å²) in [7, 11) is 0. The monoisotopic (exact) mass is 274 g/mol. The average molecular weight is 274 g/mol. The van der Waals surface area contributed by atoms with Crippen LogP contribution in [0.4, 0.5) is 8.78 Å². The molecular weight excluding hydrogens is 250 g/mol. The van der Waals surface area contributed by atoms with E-state index < -0.39 is 17.5 Å². The average Bonchev–Trinajstić information content (AvgIpc) is 2.36. The quantitative estimate of drug-likeness (QED) is 0.545. The van der Waals surface area contributed by atoms with Crippen LogP contribution in [0.15, 0.2) is 12.2 Å². The molecular formula is C15H24F2O2. The maximum absolute atomic E-state index is 13.2. The largest absolute Gasteiger partial charge is 0.455 e. The van der Waals surface area contributed by atoms with Gasteiger partial charge in [0.25, 0.3) is 0 Å². The lowest BCUT2D eigenvalue weighted by molar-refractivity contribution is -0.168. The summed E-state index contributed by atoms with van der Waals surface area (Å²) >= 11 is 0. The van der Waals surface area contributed by atoms with Crippen molar-refractivity contribution in [3.8, 4) is 0 Å². The summed E-state index contributed by atoms with van der Waals surface area (Å²) in [4.78, 5) is 11.8. The minimum absolute atomic E-state index is 0.0189. The minimum atomic E-state index is -2.55. The summed E-state index contributed by atoms with van der Waals surface area (Å²) in [6, 6.07) is 0. The molecule has 0 aromatic carbocycles. The van der Waals surface area contributed by atoms with Gasteiger partial charge in [0, 0.05) is 18.4 Å². The second-order valence-corrected chi connectivity index (χ2v) is 5.57. The Balaban J connectivity index is 2.82. The molecule has 0 atom stereocenters. The molecule has 0 aromatic rings. The first-order chi connectivity index (χ1) is 8.76. The van der Waals surface area contributed by atoms with Crippen molar-refractivity contribution >= 4 is 5.97 Å². The fraction of sp³-hybridized carbons (Fsp3) is 0.800. The highest BCUT2D eigenvalue weighted by atomic mass is 19.3. The zero-order valence-electron chi connectivity index (χ0n) is 12.1. The molecule has 0 aliphatic heterocycles. The van der Waals surface area contributed by atoms with E-state index in [4.69, 9.17) is 4.74 Å². The van der Waals surface area contributed by atoms with Gasteiger partial charge in [0.1, 0.15) is 5.60 Å². The SMILES string of the molecule is C=C(C)C(=O)OC(CC)(CC)C1CCC(F)(F)CC1. The van der Waals surface area contributed by atoms with E-state index >= 15 is 0 Å². The maximum Gasteiger partial charge on any atom is 0.333 e. The van der Waals surface area contributed by atoms with Crippen molar-refractivity contribution in [2.75, 3.05) is 0 Å². The van der Waals surface area contributed by atoms with Gasteiger partial charge in [-0.1, -0.05) is 20.4 Å². The fourth-order valence-corrected chi connectivity index (χ4v) is 2.89. The highest BCUT2D eigenvalue weighted by molar-refractivity contribution is 5.87. The lowest BCUT2D eigenvalue weighted by atomic mass is 9.73. The Hall–Kier alpha value is -0.930. The maximum atomic E-state index is 13.2. The van der Waals surface area contributed by atoms with Crippen LogP contribution in [-0.2, 0) is 9.53 Å². The van der Waals surface area contributed by atoms with Crippen LogP contribution >= 0.6 is 0 Å². The van der Waals surface area contributed by atoms with E-state index in [9.17, 15) is 13.6 Å². The number of carbonyl (C=O) groups excluding carboxylic acids is 1. The first kappa shape index (κ1) is 16.1. The summed E-state index contributed by atoms with van der Waals surface area (Å²) < 4.78 is 32.1. The van der Waals surface area contributed by atoms with Gasteiger partial charge in [0.15, 0.2) is 0 Å². The zero-order valence-corrected chi connectivity index (χ0v) is 12.1. The molecule has 0 radical (unpaired) electrons. The number of hydrogen-bond donors (Lipinski definition) is 0. The van der Waals surface area contributed by atoms with Crippen molar-refractivity contribution in [1.82, 2.24) is 0 Å². The van der Waals surface area contributed by atoms with Gasteiger partial charge in [-0.2, -0.15) is 0 Å². The molecule has 0 N–H and O–H groups in total. The summed E-state index contributed by atoms with van der Waals surface area (Å²) in [5.74, 6) is -2.95. The van der Waals surface area contributed by atoms with Gasteiger partial charge in [-0.25, -0.2) is 13.6 Å². The summed E-state index contributed by atoms with van der Waals surface area (Å²) in [5, 5.41) is 0. The summed E-state index contributed by atoms with van der Waals surface area (Å²) in [6.45, 7) is 9.08. The lowest BCUT2D eigenvalue weighted by Crippen LogP contribution is -2.44. The molecule has 0 bridgehead atoms. The topological polar surface area (TPSA) is 26.3 Å². The highest BCUT2D eigenvalue weighted by Gasteiger charge is 2.45. The van der Waals surface area contributed by atoms with E-state index in [1.54, 1.807) is 6.92 Å². The van der Waals surface area contributed by atoms with Crippen molar-refractivity contribution in [3.63, 3.8) is 0 Å². The predicted molar refractivity (Wildman–Crippen MR) is 71.1 cm³/mol. The van der Waals surface area contributed by atoms with Crippen LogP contribution < -0.4 is 0 Å². The van der Waals surface area contributed by atoms with Crippen LogP contribution in [0.25, 0.3) is 0 Å². The van der Waals surface area contributed by atoms with E-state index in [1.165, 1.54) is 0 Å². The Morgan fingerprint density at radius 1 is 1.32 bits per heavy atom. The molecule has 19 heavy (non-hydrogen) atoms. The van der Waals surface area contributed by atoms with E-state index in [2.05, 4.69) is 6.58 Å². The normalized spacial score (nSPS) is 20.1. The third-order valence-electron chi connectivity index (χ3n) is 4.30. The Bertz CT molecular complexity index is 336. The van der Waals surface area contributed by atoms with E-state index in [0.29, 0.717) is 31.3 Å². The Morgan fingerprint density at radius 2 is 1.79 bits per heavy atom. The van der Waals surface area contributed by atoms with Gasteiger partial charge in [0.05, 0.1) is 0 Å². The number of halogens is 2. The van der Waals surface area contributed by atoms with Gasteiger partial charge in [-0.3, -0.25) is 0 Å². The van der Waals surface area contributed by atoms with Crippen LogP contribution in [0.3, 0.4) is 0 Å². The summed E-state index contributed by atoms with van der Waals surface area (Å²) in [6.07, 6.45) is 1.92. The lowest BCUT2D eigenvalue weighted by Gasteiger charge is -2.42. The third-order valence-corrected chi connectivity index (χ3v) is 4.30. The minimum Gasteiger partial charge on any atom is -0.455 e. The molecule has 1 fully saturated rings. The van der Waals surface area contributed by atoms with Gasteiger partial charge in [-0.15, -0.1) is 0 Å². The molecule has 1 aliphatic carbocycles. The number of alkyl halides is 2. The molecule has 0 spiro atoms. The van der Waals surface area contributed by atoms with Gasteiger partial charge in [0.2, 0.25) is 5.92 Å². The van der Waals surface area contributed by atoms with Crippen LogP contribution in [0.5, 0.6) is 0 Å². The Kier molecular flexibility index (Phi) is 5.11. The van der Waals surface area contributed by atoms with E-state index in [-0.39, 0.29) is 18.8 Å². The van der Waals surface area contributed by atoms with E-state index in [1.807, 2.05) is 13.8 Å². The van der Waals surface area contributed by atoms with Crippen LogP contribution in [0.1, 0.15) is 59.3 Å². The number of hydrogen-bond acceptors (Lipinski definition) is 2. The van der Waals surface area contributed by atoms with Crippen LogP contribution in [0, 0.1) is 5.92 Å². The molecule has 1 rings (SSSR count). The molecule has 1 saturated carbocycles. The number of ether oxygens (including phenoxy) is 1. The fourth-order valence-electron chi connectivity index (χ4n) is 2.89. The van der Waals surface area contributed by atoms with Gasteiger partial charge >= 0.3 is 5.97 Å². The van der Waals surface area contributed by atoms with Crippen molar-refractivity contribution < 1.29 is 18.3 Å². The zero-order chi connectivity index (χ0) is 14.7. The summed E-state index contributed by atoms with van der Waals surface area (Å²) in [5.41, 5.74) is -0.264. The first-order valence-corrected chi connectivity index (χ1v) is 7.03.